The van der Waals surface area contributed by atoms with Gasteiger partial charge >= 0.3 is 5.69 Å². The third kappa shape index (κ3) is 1.55. The maximum absolute atomic E-state index is 12.1. The van der Waals surface area contributed by atoms with Crippen molar-refractivity contribution < 1.29 is 0 Å². The molecule has 4 nitrogen and oxygen atoms in total. The fourth-order valence-electron chi connectivity index (χ4n) is 2.46. The lowest BCUT2D eigenvalue weighted by Crippen LogP contribution is -2.17. The fraction of sp³-hybridized carbons (Fsp3) is 0. The van der Waals surface area contributed by atoms with Gasteiger partial charge in [-0.3, -0.25) is 0 Å². The van der Waals surface area contributed by atoms with Crippen molar-refractivity contribution in [3.63, 3.8) is 0 Å². The van der Waals surface area contributed by atoms with Gasteiger partial charge in [0, 0.05) is 10.9 Å². The van der Waals surface area contributed by atoms with E-state index in [0.29, 0.717) is 0 Å². The monoisotopic (exact) mass is 261 g/mol. The smallest absolute Gasteiger partial charge is 0.305 e. The number of aromatic amines is 1. The van der Waals surface area contributed by atoms with Gasteiger partial charge in [0.2, 0.25) is 0 Å². The number of hydrogen-bond donors (Lipinski definition) is 1. The second-order valence-electron chi connectivity index (χ2n) is 4.67. The first kappa shape index (κ1) is 11.0. The Bertz CT molecular complexity index is 967. The van der Waals surface area contributed by atoms with Crippen molar-refractivity contribution in [2.45, 2.75) is 0 Å². The first-order valence-corrected chi connectivity index (χ1v) is 6.39. The molecule has 4 heteroatoms. The third-order valence-corrected chi connectivity index (χ3v) is 3.42. The average molecular weight is 261 g/mol. The lowest BCUT2D eigenvalue weighted by atomic mass is 10.1. The molecule has 0 radical (unpaired) electrons. The topological polar surface area (TPSA) is 50.2 Å². The number of nitrogens with one attached hydrogen (secondary N) is 1. The lowest BCUT2D eigenvalue weighted by Gasteiger charge is -1.98. The van der Waals surface area contributed by atoms with E-state index in [9.17, 15) is 4.79 Å². The third-order valence-electron chi connectivity index (χ3n) is 3.42. The van der Waals surface area contributed by atoms with E-state index in [2.05, 4.69) is 10.1 Å². The zero-order chi connectivity index (χ0) is 13.5. The average Bonchev–Trinajstić information content (AvgIpc) is 2.94. The molecule has 0 fully saturated rings. The van der Waals surface area contributed by atoms with E-state index in [1.54, 1.807) is 0 Å². The van der Waals surface area contributed by atoms with Gasteiger partial charge < -0.3 is 4.98 Å². The van der Waals surface area contributed by atoms with Gasteiger partial charge in [-0.2, -0.15) is 9.61 Å². The van der Waals surface area contributed by atoms with Gasteiger partial charge in [-0.1, -0.05) is 48.5 Å². The summed E-state index contributed by atoms with van der Waals surface area (Å²) in [5.41, 5.74) is 3.22. The predicted molar refractivity (Wildman–Crippen MR) is 78.8 cm³/mol. The Balaban J connectivity index is 2.11. The molecule has 4 aromatic rings. The Morgan fingerprint density at radius 3 is 2.55 bits per heavy atom. The van der Waals surface area contributed by atoms with Crippen molar-refractivity contribution in [2.75, 3.05) is 0 Å². The van der Waals surface area contributed by atoms with Crippen LogP contribution < -0.4 is 5.69 Å². The zero-order valence-corrected chi connectivity index (χ0v) is 10.6. The molecule has 0 amide bonds. The Labute approximate surface area is 114 Å². The maximum Gasteiger partial charge on any atom is 0.347 e. The van der Waals surface area contributed by atoms with Gasteiger partial charge in [0.15, 0.2) is 0 Å². The summed E-state index contributed by atoms with van der Waals surface area (Å²) in [5, 5.41) is 5.39. The highest BCUT2D eigenvalue weighted by molar-refractivity contribution is 5.94. The van der Waals surface area contributed by atoms with Crippen molar-refractivity contribution in [2.24, 2.45) is 0 Å². The van der Waals surface area contributed by atoms with Gasteiger partial charge in [-0.15, -0.1) is 0 Å². The standard InChI is InChI=1S/C16H11N3O/c20-16-17-13-9-5-4-8-12(13)15-10-14(18-19(15)16)11-6-2-1-3-7-11/h1-10H,(H,17,20). The van der Waals surface area contributed by atoms with Crippen molar-refractivity contribution in [3.8, 4) is 11.3 Å². The van der Waals surface area contributed by atoms with Crippen molar-refractivity contribution >= 4 is 16.4 Å². The number of benzene rings is 2. The minimum absolute atomic E-state index is 0.221. The first-order chi connectivity index (χ1) is 9.83. The molecule has 0 unspecified atom stereocenters. The molecule has 0 saturated heterocycles. The van der Waals surface area contributed by atoms with Crippen LogP contribution in [0.15, 0.2) is 65.5 Å². The molecule has 96 valence electrons. The Kier molecular flexibility index (Phi) is 2.23. The minimum atomic E-state index is -0.221. The molecule has 0 saturated carbocycles. The highest BCUT2D eigenvalue weighted by Gasteiger charge is 2.09. The Morgan fingerprint density at radius 2 is 1.70 bits per heavy atom. The summed E-state index contributed by atoms with van der Waals surface area (Å²) >= 11 is 0. The number of nitrogens with zero attached hydrogens (tertiary/aromatic N) is 2. The lowest BCUT2D eigenvalue weighted by molar-refractivity contribution is 0.885. The van der Waals surface area contributed by atoms with Gasteiger partial charge in [-0.05, 0) is 12.1 Å². The predicted octanol–water partition coefficient (Wildman–Crippen LogP) is 2.84. The molecule has 2 aromatic carbocycles. The summed E-state index contributed by atoms with van der Waals surface area (Å²) in [6.07, 6.45) is 0. The van der Waals surface area contributed by atoms with Crippen molar-refractivity contribution in [1.29, 1.82) is 0 Å². The minimum Gasteiger partial charge on any atom is -0.305 e. The summed E-state index contributed by atoms with van der Waals surface area (Å²) < 4.78 is 1.42. The highest BCUT2D eigenvalue weighted by Crippen LogP contribution is 2.22. The van der Waals surface area contributed by atoms with Crippen molar-refractivity contribution in [1.82, 2.24) is 14.6 Å². The quantitative estimate of drug-likeness (QED) is 0.573. The number of para-hydroxylation sites is 1. The molecule has 0 aliphatic rings. The van der Waals surface area contributed by atoms with Crippen LogP contribution in [-0.4, -0.2) is 14.6 Å². The Morgan fingerprint density at radius 1 is 0.950 bits per heavy atom. The van der Waals surface area contributed by atoms with Gasteiger partial charge in [0.05, 0.1) is 16.7 Å². The summed E-state index contributed by atoms with van der Waals surface area (Å²) in [4.78, 5) is 14.9. The second-order valence-corrected chi connectivity index (χ2v) is 4.67. The van der Waals surface area contributed by atoms with E-state index in [-0.39, 0.29) is 5.69 Å². The normalized spacial score (nSPS) is 11.2. The van der Waals surface area contributed by atoms with E-state index in [4.69, 9.17) is 0 Å². The largest absolute Gasteiger partial charge is 0.347 e. The van der Waals surface area contributed by atoms with Crippen LogP contribution in [0.25, 0.3) is 27.7 Å². The van der Waals surface area contributed by atoms with Crippen molar-refractivity contribution in [3.05, 3.63) is 71.1 Å². The zero-order valence-electron chi connectivity index (χ0n) is 10.6. The van der Waals surface area contributed by atoms with Crippen LogP contribution >= 0.6 is 0 Å². The summed E-state index contributed by atoms with van der Waals surface area (Å²) in [6, 6.07) is 19.5. The molecule has 0 aliphatic heterocycles. The van der Waals surface area contributed by atoms with Crippen LogP contribution in [0.4, 0.5) is 0 Å². The number of H-pyrrole nitrogens is 1. The SMILES string of the molecule is O=c1[nH]c2ccccc2c2cc(-c3ccccc3)nn12. The molecule has 20 heavy (non-hydrogen) atoms. The molecule has 0 spiro atoms. The van der Waals surface area contributed by atoms with E-state index >= 15 is 0 Å². The molecule has 1 N–H and O–H groups in total. The number of hydrogen-bond acceptors (Lipinski definition) is 2. The van der Waals surface area contributed by atoms with E-state index in [0.717, 1.165) is 27.7 Å². The van der Waals surface area contributed by atoms with Crippen LogP contribution in [0.2, 0.25) is 0 Å². The van der Waals surface area contributed by atoms with Crippen LogP contribution in [0, 0.1) is 0 Å². The molecule has 0 atom stereocenters. The van der Waals surface area contributed by atoms with Crippen LogP contribution in [0.3, 0.4) is 0 Å². The number of aromatic nitrogens is 3. The molecule has 4 rings (SSSR count). The van der Waals surface area contributed by atoms with Gasteiger partial charge in [0.25, 0.3) is 0 Å². The molecule has 0 aliphatic carbocycles. The maximum atomic E-state index is 12.1. The molecule has 0 bridgehead atoms. The van der Waals surface area contributed by atoms with Gasteiger partial charge in [0.1, 0.15) is 0 Å². The molecule has 2 aromatic heterocycles. The molecule has 2 heterocycles. The molecular weight excluding hydrogens is 250 g/mol. The van der Waals surface area contributed by atoms with E-state index < -0.39 is 0 Å². The van der Waals surface area contributed by atoms with Crippen LogP contribution in [0.1, 0.15) is 0 Å². The molecular formula is C16H11N3O. The van der Waals surface area contributed by atoms with Gasteiger partial charge in [-0.25, -0.2) is 4.79 Å². The second kappa shape index (κ2) is 4.06. The first-order valence-electron chi connectivity index (χ1n) is 6.39. The summed E-state index contributed by atoms with van der Waals surface area (Å²) in [7, 11) is 0. The van der Waals surface area contributed by atoms with E-state index in [1.807, 2.05) is 60.7 Å². The summed E-state index contributed by atoms with van der Waals surface area (Å²) in [6.45, 7) is 0. The fourth-order valence-corrected chi connectivity index (χ4v) is 2.46. The van der Waals surface area contributed by atoms with Crippen LogP contribution in [-0.2, 0) is 0 Å². The number of fused-ring (bicyclic) bond motifs is 3. The van der Waals surface area contributed by atoms with E-state index in [1.165, 1.54) is 4.52 Å². The number of rotatable bonds is 1. The summed E-state index contributed by atoms with van der Waals surface area (Å²) in [5.74, 6) is 0. The Hall–Kier alpha value is -2.88. The highest BCUT2D eigenvalue weighted by atomic mass is 16.1. The van der Waals surface area contributed by atoms with Crippen LogP contribution in [0.5, 0.6) is 0 Å².